The molecule has 4 bridgehead atoms. The summed E-state index contributed by atoms with van der Waals surface area (Å²) in [6, 6.07) is 13.8. The van der Waals surface area contributed by atoms with Crippen molar-refractivity contribution >= 4 is 28.6 Å². The Hall–Kier alpha value is -4.29. The molecule has 54 heavy (non-hydrogen) atoms. The van der Waals surface area contributed by atoms with Gasteiger partial charge in [-0.25, -0.2) is 18.4 Å². The molecular weight excluding hydrogens is 710 g/mol. The van der Waals surface area contributed by atoms with E-state index in [0.29, 0.717) is 28.9 Å². The van der Waals surface area contributed by atoms with Gasteiger partial charge in [0.1, 0.15) is 11.6 Å². The molecule has 0 spiro atoms. The third kappa shape index (κ3) is 7.77. The van der Waals surface area contributed by atoms with E-state index in [-0.39, 0.29) is 51.7 Å². The molecular formula is C42H51F3N6O2S. The molecule has 0 aliphatic carbocycles. The van der Waals surface area contributed by atoms with Crippen LogP contribution in [-0.4, -0.2) is 75.2 Å². The van der Waals surface area contributed by atoms with Crippen LogP contribution in [-0.2, 0) is 23.7 Å². The first-order chi connectivity index (χ1) is 25.5. The van der Waals surface area contributed by atoms with Gasteiger partial charge in [0, 0.05) is 56.0 Å². The van der Waals surface area contributed by atoms with Crippen LogP contribution in [0.15, 0.2) is 54.7 Å². The first kappa shape index (κ1) is 39.4. The van der Waals surface area contributed by atoms with Gasteiger partial charge >= 0.3 is 0 Å². The normalized spacial score (nSPS) is 19.8. The Kier molecular flexibility index (Phi) is 11.3. The van der Waals surface area contributed by atoms with Crippen LogP contribution in [0, 0.1) is 28.8 Å². The van der Waals surface area contributed by atoms with Crippen LogP contribution >= 0.6 is 11.8 Å². The summed E-state index contributed by atoms with van der Waals surface area (Å²) in [4.78, 5) is 24.2. The Balaban J connectivity index is 1.49. The number of aryl methyl sites for hydroxylation is 1. The molecule has 8 nitrogen and oxygen atoms in total. The number of carbonyl (C=O) groups excluding carboxylic acids is 1. The highest BCUT2D eigenvalue weighted by molar-refractivity contribution is 7.99. The monoisotopic (exact) mass is 760 g/mol. The molecule has 1 amide bonds. The number of aromatic nitrogens is 4. The summed E-state index contributed by atoms with van der Waals surface area (Å²) in [6.07, 6.45) is 4.69. The van der Waals surface area contributed by atoms with E-state index in [1.807, 2.05) is 38.1 Å². The SMILES string of the molecule is CC(Cc1cccc([C@@]2(C)CCCC(C)(C)CSCC(N(C)C)c3c(c(F)c(F)c4[nH]ccc34)Oc3ccc(F)c(c3)-c3nc2nn3C)c1)C(=O)N(C)C. The average Bonchev–Trinajstić information content (AvgIpc) is 3.77. The lowest BCUT2D eigenvalue weighted by molar-refractivity contribution is -0.132. The van der Waals surface area contributed by atoms with Crippen molar-refractivity contribution < 1.29 is 22.7 Å². The Bertz CT molecular complexity index is 2160. The Morgan fingerprint density at radius 2 is 1.81 bits per heavy atom. The van der Waals surface area contributed by atoms with E-state index in [1.165, 1.54) is 18.2 Å². The number of ether oxygens (including phenoxy) is 1. The van der Waals surface area contributed by atoms with Crippen LogP contribution in [0.5, 0.6) is 11.5 Å². The predicted molar refractivity (Wildman–Crippen MR) is 211 cm³/mol. The van der Waals surface area contributed by atoms with Crippen LogP contribution in [0.2, 0.25) is 0 Å². The maximum Gasteiger partial charge on any atom is 0.225 e. The molecule has 6 rings (SSSR count). The van der Waals surface area contributed by atoms with Gasteiger partial charge in [-0.3, -0.25) is 4.79 Å². The highest BCUT2D eigenvalue weighted by atomic mass is 32.2. The third-order valence-corrected chi connectivity index (χ3v) is 12.3. The third-order valence-electron chi connectivity index (χ3n) is 10.8. The second kappa shape index (κ2) is 15.5. The first-order valence-electron chi connectivity index (χ1n) is 18.4. The van der Waals surface area contributed by atoms with Gasteiger partial charge in [-0.05, 0) is 86.8 Å². The molecule has 0 saturated heterocycles. The van der Waals surface area contributed by atoms with Crippen molar-refractivity contribution in [2.75, 3.05) is 39.7 Å². The fraction of sp³-hybridized carbons (Fsp3) is 0.452. The van der Waals surface area contributed by atoms with Crippen LogP contribution in [0.1, 0.15) is 75.5 Å². The van der Waals surface area contributed by atoms with E-state index >= 15 is 13.2 Å². The van der Waals surface area contributed by atoms with Gasteiger partial charge in [0.2, 0.25) is 11.7 Å². The lowest BCUT2D eigenvalue weighted by atomic mass is 9.75. The average molecular weight is 761 g/mol. The van der Waals surface area contributed by atoms with Crippen molar-refractivity contribution in [1.82, 2.24) is 29.5 Å². The van der Waals surface area contributed by atoms with Gasteiger partial charge < -0.3 is 19.5 Å². The zero-order valence-electron chi connectivity index (χ0n) is 32.7. The number of hydrogen-bond donors (Lipinski definition) is 1. The van der Waals surface area contributed by atoms with E-state index in [4.69, 9.17) is 14.8 Å². The van der Waals surface area contributed by atoms with E-state index < -0.39 is 22.9 Å². The highest BCUT2D eigenvalue weighted by Gasteiger charge is 2.36. The fourth-order valence-electron chi connectivity index (χ4n) is 7.60. The van der Waals surface area contributed by atoms with E-state index in [9.17, 15) is 4.79 Å². The molecule has 1 aliphatic heterocycles. The summed E-state index contributed by atoms with van der Waals surface area (Å²) in [5, 5.41) is 5.43. The number of H-pyrrole nitrogens is 1. The number of carbonyl (C=O) groups is 1. The number of thioether (sulfide) groups is 1. The zero-order valence-corrected chi connectivity index (χ0v) is 33.5. The number of hydrogen-bond acceptors (Lipinski definition) is 6. The molecule has 2 aromatic heterocycles. The van der Waals surface area contributed by atoms with Gasteiger partial charge in [-0.2, -0.15) is 21.3 Å². The van der Waals surface area contributed by atoms with Gasteiger partial charge in [-0.15, -0.1) is 0 Å². The van der Waals surface area contributed by atoms with Crippen LogP contribution in [0.3, 0.4) is 0 Å². The second-order valence-corrected chi connectivity index (χ2v) is 17.2. The van der Waals surface area contributed by atoms with Crippen LogP contribution in [0.25, 0.3) is 22.3 Å². The minimum absolute atomic E-state index is 0.0578. The molecule has 0 radical (unpaired) electrons. The number of halogens is 3. The summed E-state index contributed by atoms with van der Waals surface area (Å²) in [5.41, 5.74) is 2.05. The lowest BCUT2D eigenvalue weighted by Gasteiger charge is -2.32. The molecule has 2 unspecified atom stereocenters. The quantitative estimate of drug-likeness (QED) is 0.193. The number of fused-ring (bicyclic) bond motifs is 8. The zero-order chi connectivity index (χ0) is 39.1. The molecule has 1 N–H and O–H groups in total. The predicted octanol–water partition coefficient (Wildman–Crippen LogP) is 9.29. The number of benzene rings is 3. The Morgan fingerprint density at radius 3 is 2.54 bits per heavy atom. The molecule has 5 aromatic rings. The fourth-order valence-corrected chi connectivity index (χ4v) is 9.11. The summed E-state index contributed by atoms with van der Waals surface area (Å²) >= 11 is 1.77. The Labute approximate surface area is 320 Å². The summed E-state index contributed by atoms with van der Waals surface area (Å²) in [7, 11) is 9.10. The Morgan fingerprint density at radius 1 is 1.06 bits per heavy atom. The van der Waals surface area contributed by atoms with Crippen molar-refractivity contribution in [1.29, 1.82) is 0 Å². The first-order valence-corrected chi connectivity index (χ1v) is 19.6. The molecule has 3 heterocycles. The highest BCUT2D eigenvalue weighted by Crippen LogP contribution is 2.45. The van der Waals surface area contributed by atoms with Crippen molar-refractivity contribution in [2.24, 2.45) is 18.4 Å². The number of aromatic amines is 1. The standard InChI is InChI=1S/C42H51F3N6O2S/c1-25(39(52)50(7)8)20-26-12-10-13-27(21-26)42(4)18-11-17-41(2,3)24-54-23-32(49(5)6)33-29-16-19-46-36(29)34(44)35(45)37(33)53-28-14-15-31(43)30(22-28)38-47-40(42)48-51(38)9/h10,12-16,19,21-22,25,32,46H,11,17-18,20,23-24H2,1-9H3/t25?,32?,42-/m1/s1. The lowest BCUT2D eigenvalue weighted by Crippen LogP contribution is -2.29. The molecule has 0 fully saturated rings. The number of rotatable bonds is 5. The summed E-state index contributed by atoms with van der Waals surface area (Å²) in [5.74, 6) is -0.678. The van der Waals surface area contributed by atoms with E-state index in [1.54, 1.807) is 54.7 Å². The van der Waals surface area contributed by atoms with Crippen molar-refractivity contribution in [3.05, 3.63) is 94.7 Å². The minimum Gasteiger partial charge on any atom is -0.454 e. The molecule has 3 aromatic carbocycles. The second-order valence-electron chi connectivity index (χ2n) is 16.1. The maximum absolute atomic E-state index is 16.1. The molecule has 0 saturated carbocycles. The number of nitrogens with one attached hydrogen (secondary N) is 1. The van der Waals surface area contributed by atoms with Gasteiger partial charge in [0.05, 0.1) is 16.5 Å². The summed E-state index contributed by atoms with van der Waals surface area (Å²) < 4.78 is 55.3. The topological polar surface area (TPSA) is 79.3 Å². The smallest absolute Gasteiger partial charge is 0.225 e. The van der Waals surface area contributed by atoms with Gasteiger partial charge in [0.15, 0.2) is 23.2 Å². The van der Waals surface area contributed by atoms with E-state index in [0.717, 1.165) is 36.1 Å². The molecule has 12 heteroatoms. The molecule has 3 atom stereocenters. The largest absolute Gasteiger partial charge is 0.454 e. The number of amides is 1. The van der Waals surface area contributed by atoms with Gasteiger partial charge in [0.25, 0.3) is 0 Å². The van der Waals surface area contributed by atoms with Gasteiger partial charge in [-0.1, -0.05) is 51.5 Å². The van der Waals surface area contributed by atoms with Crippen molar-refractivity contribution in [2.45, 2.75) is 64.8 Å². The van der Waals surface area contributed by atoms with Crippen LogP contribution < -0.4 is 4.74 Å². The van der Waals surface area contributed by atoms with Crippen molar-refractivity contribution in [3.63, 3.8) is 0 Å². The van der Waals surface area contributed by atoms with Crippen LogP contribution in [0.4, 0.5) is 13.2 Å². The van der Waals surface area contributed by atoms with E-state index in [2.05, 4.69) is 37.9 Å². The maximum atomic E-state index is 16.1. The number of nitrogens with zero attached hydrogens (tertiary/aromatic N) is 5. The van der Waals surface area contributed by atoms with Crippen molar-refractivity contribution in [3.8, 4) is 22.9 Å². The summed E-state index contributed by atoms with van der Waals surface area (Å²) in [6.45, 7) is 8.59. The molecule has 1 aliphatic rings. The minimum atomic E-state index is -1.11. The molecule has 288 valence electrons.